The molecule has 0 unspecified atom stereocenters. The summed E-state index contributed by atoms with van der Waals surface area (Å²) >= 11 is 2.08. The fraction of sp³-hybridized carbons (Fsp3) is 0.960. The van der Waals surface area contributed by atoms with Crippen molar-refractivity contribution in [3.63, 3.8) is 0 Å². The standard InChI is InChI=1S/C25H51S/c1-3-5-7-9-11-13-14-15-17-19-21-23-25-26-24-22-20-18-16-12-10-8-6-4-2/h25H,3-24H2,1-2H3. The van der Waals surface area contributed by atoms with Gasteiger partial charge in [-0.2, -0.15) is 11.8 Å². The van der Waals surface area contributed by atoms with Gasteiger partial charge in [0.2, 0.25) is 0 Å². The van der Waals surface area contributed by atoms with Crippen molar-refractivity contribution in [1.29, 1.82) is 0 Å². The molecule has 157 valence electrons. The Labute approximate surface area is 172 Å². The molecule has 0 nitrogen and oxygen atoms in total. The molecule has 0 atom stereocenters. The van der Waals surface area contributed by atoms with Gasteiger partial charge in [0.1, 0.15) is 0 Å². The van der Waals surface area contributed by atoms with E-state index in [0.29, 0.717) is 0 Å². The lowest BCUT2D eigenvalue weighted by Gasteiger charge is -2.04. The summed E-state index contributed by atoms with van der Waals surface area (Å²) in [6, 6.07) is 0. The van der Waals surface area contributed by atoms with E-state index in [0.717, 1.165) is 0 Å². The summed E-state index contributed by atoms with van der Waals surface area (Å²) in [4.78, 5) is 0. The van der Waals surface area contributed by atoms with E-state index in [1.165, 1.54) is 141 Å². The van der Waals surface area contributed by atoms with Crippen LogP contribution >= 0.6 is 11.8 Å². The van der Waals surface area contributed by atoms with Crippen molar-refractivity contribution in [2.75, 3.05) is 5.75 Å². The van der Waals surface area contributed by atoms with Crippen molar-refractivity contribution in [2.24, 2.45) is 0 Å². The van der Waals surface area contributed by atoms with Gasteiger partial charge in [0.25, 0.3) is 0 Å². The molecule has 0 saturated heterocycles. The maximum atomic E-state index is 2.48. The zero-order valence-corrected chi connectivity index (χ0v) is 19.4. The van der Waals surface area contributed by atoms with Gasteiger partial charge in [-0.05, 0) is 18.6 Å². The lowest BCUT2D eigenvalue weighted by atomic mass is 10.1. The van der Waals surface area contributed by atoms with Crippen LogP contribution in [0.4, 0.5) is 0 Å². The fourth-order valence-corrected chi connectivity index (χ4v) is 4.43. The highest BCUT2D eigenvalue weighted by Gasteiger charge is 1.96. The Bertz CT molecular complexity index is 202. The van der Waals surface area contributed by atoms with Crippen molar-refractivity contribution >= 4 is 11.8 Å². The summed E-state index contributed by atoms with van der Waals surface area (Å²) in [6.07, 6.45) is 30.3. The molecule has 0 rings (SSSR count). The maximum absolute atomic E-state index is 2.48. The Balaban J connectivity index is 2.95. The van der Waals surface area contributed by atoms with Crippen LogP contribution in [-0.4, -0.2) is 5.75 Å². The fourth-order valence-electron chi connectivity index (χ4n) is 3.55. The van der Waals surface area contributed by atoms with Crippen LogP contribution in [0.25, 0.3) is 0 Å². The third-order valence-electron chi connectivity index (χ3n) is 5.41. The minimum Gasteiger partial charge on any atom is -0.157 e. The normalized spacial score (nSPS) is 11.3. The zero-order valence-electron chi connectivity index (χ0n) is 18.5. The van der Waals surface area contributed by atoms with Gasteiger partial charge in [-0.1, -0.05) is 136 Å². The first-order valence-electron chi connectivity index (χ1n) is 12.3. The van der Waals surface area contributed by atoms with Gasteiger partial charge in [-0.25, -0.2) is 0 Å². The minimum atomic E-state index is 1.33. The Morgan fingerprint density at radius 2 is 0.769 bits per heavy atom. The quantitative estimate of drug-likeness (QED) is 0.158. The highest BCUT2D eigenvalue weighted by molar-refractivity contribution is 8.01. The van der Waals surface area contributed by atoms with E-state index in [-0.39, 0.29) is 0 Å². The monoisotopic (exact) mass is 383 g/mol. The average Bonchev–Trinajstić information content (AvgIpc) is 2.66. The van der Waals surface area contributed by atoms with Crippen LogP contribution in [0.3, 0.4) is 0 Å². The Morgan fingerprint density at radius 1 is 0.423 bits per heavy atom. The predicted molar refractivity (Wildman–Crippen MR) is 125 cm³/mol. The summed E-state index contributed by atoms with van der Waals surface area (Å²) < 4.78 is 0. The second kappa shape index (κ2) is 25.4. The molecule has 1 heteroatoms. The molecule has 0 spiro atoms. The second-order valence-corrected chi connectivity index (χ2v) is 9.27. The predicted octanol–water partition coefficient (Wildman–Crippen LogP) is 10.1. The highest BCUT2D eigenvalue weighted by atomic mass is 32.2. The summed E-state index contributed by atoms with van der Waals surface area (Å²) in [6.45, 7) is 4.60. The van der Waals surface area contributed by atoms with Crippen LogP contribution in [-0.2, 0) is 0 Å². The second-order valence-electron chi connectivity index (χ2n) is 8.19. The highest BCUT2D eigenvalue weighted by Crippen LogP contribution is 2.17. The molecule has 0 aromatic carbocycles. The molecule has 0 aliphatic heterocycles. The third-order valence-corrected chi connectivity index (χ3v) is 6.40. The smallest absolute Gasteiger partial charge is 0.0166 e. The van der Waals surface area contributed by atoms with Gasteiger partial charge >= 0.3 is 0 Å². The Hall–Kier alpha value is 0.350. The van der Waals surface area contributed by atoms with Gasteiger partial charge < -0.3 is 0 Å². The van der Waals surface area contributed by atoms with Crippen LogP contribution in [0, 0.1) is 5.75 Å². The number of rotatable bonds is 23. The Kier molecular flexibility index (Phi) is 25.7. The van der Waals surface area contributed by atoms with Crippen LogP contribution in [0.2, 0.25) is 0 Å². The number of hydrogen-bond acceptors (Lipinski definition) is 1. The summed E-state index contributed by atoms with van der Waals surface area (Å²) in [7, 11) is 0. The van der Waals surface area contributed by atoms with Gasteiger partial charge in [0, 0.05) is 5.75 Å². The van der Waals surface area contributed by atoms with Crippen molar-refractivity contribution < 1.29 is 0 Å². The summed E-state index contributed by atoms with van der Waals surface area (Å²) in [5.41, 5.74) is 0. The first kappa shape index (κ1) is 26.4. The minimum absolute atomic E-state index is 1.33. The van der Waals surface area contributed by atoms with Crippen LogP contribution in [0.15, 0.2) is 0 Å². The molecule has 0 aliphatic carbocycles. The van der Waals surface area contributed by atoms with E-state index in [1.807, 2.05) is 0 Å². The Morgan fingerprint density at radius 3 is 1.19 bits per heavy atom. The SMILES string of the molecule is CCCCCCCCCCCCC[CH]SCCCCCCCCCCC. The maximum Gasteiger partial charge on any atom is 0.0166 e. The summed E-state index contributed by atoms with van der Waals surface area (Å²) in [5, 5.41) is 0. The zero-order chi connectivity index (χ0) is 19.0. The van der Waals surface area contributed by atoms with Crippen molar-refractivity contribution in [3.05, 3.63) is 5.75 Å². The van der Waals surface area contributed by atoms with E-state index < -0.39 is 0 Å². The van der Waals surface area contributed by atoms with Crippen molar-refractivity contribution in [2.45, 2.75) is 149 Å². The van der Waals surface area contributed by atoms with Crippen molar-refractivity contribution in [1.82, 2.24) is 0 Å². The van der Waals surface area contributed by atoms with Crippen LogP contribution in [0.5, 0.6) is 0 Å². The van der Waals surface area contributed by atoms with Gasteiger partial charge in [0.15, 0.2) is 0 Å². The van der Waals surface area contributed by atoms with Gasteiger partial charge in [-0.3, -0.25) is 0 Å². The van der Waals surface area contributed by atoms with Gasteiger partial charge in [-0.15, -0.1) is 0 Å². The number of hydrogen-bond donors (Lipinski definition) is 0. The van der Waals surface area contributed by atoms with Crippen LogP contribution in [0.1, 0.15) is 149 Å². The van der Waals surface area contributed by atoms with E-state index in [9.17, 15) is 0 Å². The molecule has 0 aromatic heterocycles. The molecule has 0 bridgehead atoms. The molecule has 0 aromatic rings. The lowest BCUT2D eigenvalue weighted by molar-refractivity contribution is 0.550. The molecule has 0 heterocycles. The first-order valence-corrected chi connectivity index (χ1v) is 13.4. The van der Waals surface area contributed by atoms with Crippen LogP contribution < -0.4 is 0 Å². The molecule has 0 amide bonds. The molecule has 0 fully saturated rings. The van der Waals surface area contributed by atoms with E-state index >= 15 is 0 Å². The molecule has 1 radical (unpaired) electrons. The van der Waals surface area contributed by atoms with Gasteiger partial charge in [0.05, 0.1) is 0 Å². The number of thioether (sulfide) groups is 1. The largest absolute Gasteiger partial charge is 0.157 e. The first-order chi connectivity index (χ1) is 12.9. The van der Waals surface area contributed by atoms with E-state index in [4.69, 9.17) is 0 Å². The van der Waals surface area contributed by atoms with Crippen molar-refractivity contribution in [3.8, 4) is 0 Å². The molecule has 0 aliphatic rings. The number of unbranched alkanes of at least 4 members (excludes halogenated alkanes) is 19. The molecular weight excluding hydrogens is 332 g/mol. The topological polar surface area (TPSA) is 0 Å². The third kappa shape index (κ3) is 24.4. The molecular formula is C25H51S. The molecule has 0 N–H and O–H groups in total. The lowest BCUT2D eigenvalue weighted by Crippen LogP contribution is -1.84. The molecule has 26 heavy (non-hydrogen) atoms. The average molecular weight is 384 g/mol. The van der Waals surface area contributed by atoms with E-state index in [2.05, 4.69) is 31.4 Å². The van der Waals surface area contributed by atoms with E-state index in [1.54, 1.807) is 0 Å². The molecule has 0 saturated carbocycles. The summed E-state index contributed by atoms with van der Waals surface area (Å²) in [5.74, 6) is 3.84.